The molecule has 0 aromatic rings. The van der Waals surface area contributed by atoms with E-state index < -0.39 is 0 Å². The van der Waals surface area contributed by atoms with Crippen molar-refractivity contribution in [3.8, 4) is 0 Å². The molecule has 0 bridgehead atoms. The average molecular weight is 364 g/mol. The first-order chi connectivity index (χ1) is 12.3. The molecule has 1 aliphatic carbocycles. The standard InChI is InChI=1S/C20H33N3O3/c1-14(19(24)26-5)11-15-12-16(13-23(3)18(15)21)22-20(2)9-6-7-17(25-4)8-10-20/h6-7,9,14-16,21-22H,8,10-13H2,1-5H3. The fourth-order valence-corrected chi connectivity index (χ4v) is 3.98. The van der Waals surface area contributed by atoms with Crippen molar-refractivity contribution in [1.82, 2.24) is 10.2 Å². The molecule has 1 fully saturated rings. The lowest BCUT2D eigenvalue weighted by Crippen LogP contribution is -2.56. The Balaban J connectivity index is 2.01. The van der Waals surface area contributed by atoms with E-state index in [0.717, 1.165) is 31.6 Å². The van der Waals surface area contributed by atoms with Crippen LogP contribution in [0.5, 0.6) is 0 Å². The number of hydrogen-bond donors (Lipinski definition) is 2. The monoisotopic (exact) mass is 363 g/mol. The number of methoxy groups -OCH3 is 2. The highest BCUT2D eigenvalue weighted by molar-refractivity contribution is 5.83. The number of likely N-dealkylation sites (N-methyl/N-ethyl adjacent to an activating group) is 1. The molecule has 6 nitrogen and oxygen atoms in total. The molecule has 26 heavy (non-hydrogen) atoms. The predicted molar refractivity (Wildman–Crippen MR) is 103 cm³/mol. The summed E-state index contributed by atoms with van der Waals surface area (Å²) in [7, 11) is 5.09. The number of amidine groups is 1. The minimum absolute atomic E-state index is 0.0615. The maximum absolute atomic E-state index is 11.8. The van der Waals surface area contributed by atoms with E-state index in [2.05, 4.69) is 24.4 Å². The number of ether oxygens (including phenoxy) is 2. The number of allylic oxidation sites excluding steroid dienone is 3. The van der Waals surface area contributed by atoms with E-state index in [9.17, 15) is 4.79 Å². The lowest BCUT2D eigenvalue weighted by Gasteiger charge is -2.42. The van der Waals surface area contributed by atoms with Crippen LogP contribution in [0.3, 0.4) is 0 Å². The topological polar surface area (TPSA) is 74.7 Å². The highest BCUT2D eigenvalue weighted by Crippen LogP contribution is 2.28. The summed E-state index contributed by atoms with van der Waals surface area (Å²) in [6.07, 6.45) is 9.65. The van der Waals surface area contributed by atoms with Gasteiger partial charge in [0.25, 0.3) is 0 Å². The third-order valence-corrected chi connectivity index (χ3v) is 5.54. The van der Waals surface area contributed by atoms with E-state index in [-0.39, 0.29) is 29.4 Å². The van der Waals surface area contributed by atoms with Crippen LogP contribution in [0.1, 0.15) is 39.5 Å². The molecule has 4 atom stereocenters. The summed E-state index contributed by atoms with van der Waals surface area (Å²) in [6.45, 7) is 4.89. The molecule has 0 radical (unpaired) electrons. The molecule has 2 rings (SSSR count). The Morgan fingerprint density at radius 2 is 2.23 bits per heavy atom. The fraction of sp³-hybridized carbons (Fsp3) is 0.700. The zero-order valence-corrected chi connectivity index (χ0v) is 16.7. The molecule has 1 heterocycles. The molecule has 0 saturated carbocycles. The number of esters is 1. The third-order valence-electron chi connectivity index (χ3n) is 5.54. The molecule has 6 heteroatoms. The van der Waals surface area contributed by atoms with Crippen LogP contribution in [0.25, 0.3) is 0 Å². The zero-order valence-electron chi connectivity index (χ0n) is 16.7. The molecular formula is C20H33N3O3. The highest BCUT2D eigenvalue weighted by atomic mass is 16.5. The van der Waals surface area contributed by atoms with Crippen molar-refractivity contribution in [2.24, 2.45) is 11.8 Å². The van der Waals surface area contributed by atoms with Crippen molar-refractivity contribution in [3.05, 3.63) is 24.0 Å². The van der Waals surface area contributed by atoms with Gasteiger partial charge in [0, 0.05) is 37.5 Å². The number of carbonyl (C=O) groups excluding carboxylic acids is 1. The SMILES string of the molecule is COC(=O)C(C)CC1CC(NC2(C)C=CC=C(OC)CC2)CN(C)C1=N. The van der Waals surface area contributed by atoms with E-state index in [1.54, 1.807) is 7.11 Å². The molecule has 2 aliphatic rings. The first-order valence-corrected chi connectivity index (χ1v) is 9.35. The van der Waals surface area contributed by atoms with Crippen LogP contribution in [-0.2, 0) is 14.3 Å². The van der Waals surface area contributed by atoms with Gasteiger partial charge < -0.3 is 19.7 Å². The number of rotatable bonds is 6. The Kier molecular flexibility index (Phi) is 6.87. The minimum atomic E-state index is -0.202. The quantitative estimate of drug-likeness (QED) is 0.710. The largest absolute Gasteiger partial charge is 0.501 e. The van der Waals surface area contributed by atoms with E-state index in [1.807, 2.05) is 24.9 Å². The molecule has 0 aromatic heterocycles. The van der Waals surface area contributed by atoms with Crippen molar-refractivity contribution in [2.75, 3.05) is 27.8 Å². The van der Waals surface area contributed by atoms with Crippen molar-refractivity contribution in [2.45, 2.75) is 51.1 Å². The molecule has 1 aliphatic heterocycles. The second-order valence-electron chi connectivity index (χ2n) is 7.81. The molecule has 1 saturated heterocycles. The van der Waals surface area contributed by atoms with Gasteiger partial charge in [0.05, 0.1) is 31.7 Å². The molecule has 146 valence electrons. The Bertz CT molecular complexity index is 587. The second kappa shape index (κ2) is 8.71. The third kappa shape index (κ3) is 5.10. The van der Waals surface area contributed by atoms with Gasteiger partial charge in [-0.25, -0.2) is 0 Å². The van der Waals surface area contributed by atoms with Gasteiger partial charge in [-0.05, 0) is 32.3 Å². The van der Waals surface area contributed by atoms with Crippen LogP contribution >= 0.6 is 0 Å². The van der Waals surface area contributed by atoms with Crippen molar-refractivity contribution < 1.29 is 14.3 Å². The molecule has 0 spiro atoms. The van der Waals surface area contributed by atoms with Crippen LogP contribution in [0.2, 0.25) is 0 Å². The van der Waals surface area contributed by atoms with Gasteiger partial charge in [-0.2, -0.15) is 0 Å². The van der Waals surface area contributed by atoms with Gasteiger partial charge in [0.2, 0.25) is 0 Å². The Morgan fingerprint density at radius 3 is 2.88 bits per heavy atom. The Labute approximate surface area is 157 Å². The number of nitrogens with zero attached hydrogens (tertiary/aromatic N) is 1. The highest BCUT2D eigenvalue weighted by Gasteiger charge is 2.35. The number of piperidine rings is 1. The van der Waals surface area contributed by atoms with Gasteiger partial charge >= 0.3 is 5.97 Å². The van der Waals surface area contributed by atoms with Crippen molar-refractivity contribution >= 4 is 11.8 Å². The fourth-order valence-electron chi connectivity index (χ4n) is 3.98. The number of hydrogen-bond acceptors (Lipinski definition) is 5. The number of likely N-dealkylation sites (tertiary alicyclic amines) is 1. The van der Waals surface area contributed by atoms with E-state index >= 15 is 0 Å². The Hall–Kier alpha value is -1.82. The minimum Gasteiger partial charge on any atom is -0.501 e. The van der Waals surface area contributed by atoms with Gasteiger partial charge in [-0.1, -0.05) is 19.1 Å². The summed E-state index contributed by atoms with van der Waals surface area (Å²) < 4.78 is 10.2. The lowest BCUT2D eigenvalue weighted by atomic mass is 9.84. The Morgan fingerprint density at radius 1 is 1.50 bits per heavy atom. The maximum atomic E-state index is 11.8. The van der Waals surface area contributed by atoms with Crippen LogP contribution in [0.15, 0.2) is 24.0 Å². The number of carbonyl (C=O) groups is 1. The smallest absolute Gasteiger partial charge is 0.308 e. The van der Waals surface area contributed by atoms with Crippen LogP contribution in [0.4, 0.5) is 0 Å². The van der Waals surface area contributed by atoms with Gasteiger partial charge in [-0.15, -0.1) is 0 Å². The van der Waals surface area contributed by atoms with Gasteiger partial charge in [0.1, 0.15) is 0 Å². The lowest BCUT2D eigenvalue weighted by molar-refractivity contribution is -0.145. The van der Waals surface area contributed by atoms with E-state index in [4.69, 9.17) is 14.9 Å². The molecule has 0 aromatic carbocycles. The molecule has 2 N–H and O–H groups in total. The van der Waals surface area contributed by atoms with Crippen LogP contribution < -0.4 is 5.32 Å². The van der Waals surface area contributed by atoms with Crippen LogP contribution in [0, 0.1) is 17.2 Å². The summed E-state index contributed by atoms with van der Waals surface area (Å²) in [5, 5.41) is 12.2. The molecule has 0 amide bonds. The summed E-state index contributed by atoms with van der Waals surface area (Å²) >= 11 is 0. The molecular weight excluding hydrogens is 330 g/mol. The van der Waals surface area contributed by atoms with Gasteiger partial charge in [0.15, 0.2) is 0 Å². The average Bonchev–Trinajstić information content (AvgIpc) is 2.79. The predicted octanol–water partition coefficient (Wildman–Crippen LogP) is 2.71. The summed E-state index contributed by atoms with van der Waals surface area (Å²) in [4.78, 5) is 13.8. The summed E-state index contributed by atoms with van der Waals surface area (Å²) in [5.74, 6) is 1.28. The summed E-state index contributed by atoms with van der Waals surface area (Å²) in [6, 6.07) is 0.266. The normalized spacial score (nSPS) is 30.4. The first-order valence-electron chi connectivity index (χ1n) is 9.35. The van der Waals surface area contributed by atoms with Gasteiger partial charge in [-0.3, -0.25) is 10.2 Å². The maximum Gasteiger partial charge on any atom is 0.308 e. The summed E-state index contributed by atoms with van der Waals surface area (Å²) in [5.41, 5.74) is -0.111. The zero-order chi connectivity index (χ0) is 19.3. The number of nitrogens with one attached hydrogen (secondary N) is 2. The molecule has 4 unspecified atom stereocenters. The van der Waals surface area contributed by atoms with Crippen LogP contribution in [-0.4, -0.2) is 56.1 Å². The van der Waals surface area contributed by atoms with E-state index in [0.29, 0.717) is 12.3 Å². The van der Waals surface area contributed by atoms with Crippen molar-refractivity contribution in [3.63, 3.8) is 0 Å². The first kappa shape index (κ1) is 20.5. The van der Waals surface area contributed by atoms with Crippen molar-refractivity contribution in [1.29, 1.82) is 5.41 Å². The second-order valence-corrected chi connectivity index (χ2v) is 7.81. The van der Waals surface area contributed by atoms with E-state index in [1.165, 1.54) is 7.11 Å².